The molecule has 2 heterocycles. The zero-order chi connectivity index (χ0) is 11.5. The van der Waals surface area contributed by atoms with E-state index in [1.807, 2.05) is 5.38 Å². The molecular weight excluding hydrogens is 236 g/mol. The van der Waals surface area contributed by atoms with E-state index in [0.29, 0.717) is 24.3 Å². The third kappa shape index (κ3) is 2.53. The highest BCUT2D eigenvalue weighted by atomic mass is 32.1. The van der Waals surface area contributed by atoms with E-state index in [-0.39, 0.29) is 0 Å². The molecule has 90 valence electrons. The number of nitrogens with one attached hydrogen (secondary N) is 1. The molecule has 0 atom stereocenters. The molecule has 0 spiro atoms. The predicted molar refractivity (Wildman–Crippen MR) is 64.5 cm³/mol. The zero-order valence-electron chi connectivity index (χ0n) is 9.43. The van der Waals surface area contributed by atoms with Crippen molar-refractivity contribution in [1.82, 2.24) is 20.4 Å². The van der Waals surface area contributed by atoms with Gasteiger partial charge in [0.1, 0.15) is 5.69 Å². The van der Waals surface area contributed by atoms with Gasteiger partial charge in [-0.05, 0) is 12.8 Å². The van der Waals surface area contributed by atoms with Crippen molar-refractivity contribution >= 4 is 11.3 Å². The van der Waals surface area contributed by atoms with E-state index in [1.54, 1.807) is 5.51 Å². The van der Waals surface area contributed by atoms with Gasteiger partial charge in [0.2, 0.25) is 11.7 Å². The van der Waals surface area contributed by atoms with Gasteiger partial charge >= 0.3 is 0 Å². The van der Waals surface area contributed by atoms with Crippen molar-refractivity contribution in [1.29, 1.82) is 0 Å². The lowest BCUT2D eigenvalue weighted by Gasteiger charge is -2.08. The van der Waals surface area contributed by atoms with Crippen LogP contribution in [0.25, 0.3) is 11.5 Å². The molecule has 1 saturated carbocycles. The van der Waals surface area contributed by atoms with Crippen molar-refractivity contribution in [2.75, 3.05) is 0 Å². The molecule has 1 fully saturated rings. The van der Waals surface area contributed by atoms with Crippen LogP contribution in [0.2, 0.25) is 0 Å². The third-order valence-electron chi connectivity index (χ3n) is 3.03. The Morgan fingerprint density at radius 3 is 3.06 bits per heavy atom. The normalized spacial score (nSPS) is 16.7. The minimum atomic E-state index is 0.578. The minimum Gasteiger partial charge on any atom is -0.337 e. The summed E-state index contributed by atoms with van der Waals surface area (Å²) in [5.41, 5.74) is 2.55. The maximum Gasteiger partial charge on any atom is 0.240 e. The summed E-state index contributed by atoms with van der Waals surface area (Å²) in [6, 6.07) is 0.615. The Labute approximate surface area is 103 Å². The van der Waals surface area contributed by atoms with Crippen molar-refractivity contribution in [3.63, 3.8) is 0 Å². The second-order valence-electron chi connectivity index (χ2n) is 4.25. The fraction of sp³-hybridized carbons (Fsp3) is 0.545. The van der Waals surface area contributed by atoms with Gasteiger partial charge in [0.25, 0.3) is 0 Å². The van der Waals surface area contributed by atoms with Gasteiger partial charge in [0.15, 0.2) is 0 Å². The number of thiazole rings is 1. The summed E-state index contributed by atoms with van der Waals surface area (Å²) in [5, 5.41) is 9.28. The highest BCUT2D eigenvalue weighted by molar-refractivity contribution is 7.07. The third-order valence-corrected chi connectivity index (χ3v) is 3.61. The standard InChI is InChI=1S/C11H14N4OS/c1-2-4-8(3-1)12-5-10-14-11(15-16-10)9-6-17-7-13-9/h6-8,12H,1-5H2. The van der Waals surface area contributed by atoms with Crippen LogP contribution in [0.15, 0.2) is 15.4 Å². The summed E-state index contributed by atoms with van der Waals surface area (Å²) >= 11 is 1.53. The van der Waals surface area contributed by atoms with Gasteiger partial charge in [-0.1, -0.05) is 18.0 Å². The highest BCUT2D eigenvalue weighted by Crippen LogP contribution is 2.18. The maximum atomic E-state index is 5.19. The summed E-state index contributed by atoms with van der Waals surface area (Å²) < 4.78 is 5.19. The molecule has 0 unspecified atom stereocenters. The van der Waals surface area contributed by atoms with Crippen LogP contribution in [0.4, 0.5) is 0 Å². The monoisotopic (exact) mass is 250 g/mol. The molecule has 0 amide bonds. The van der Waals surface area contributed by atoms with E-state index < -0.39 is 0 Å². The lowest BCUT2D eigenvalue weighted by atomic mass is 10.2. The Balaban J connectivity index is 1.60. The average Bonchev–Trinajstić information content (AvgIpc) is 3.09. The minimum absolute atomic E-state index is 0.578. The van der Waals surface area contributed by atoms with Crippen molar-refractivity contribution < 1.29 is 4.52 Å². The molecule has 0 bridgehead atoms. The summed E-state index contributed by atoms with van der Waals surface area (Å²) in [4.78, 5) is 8.47. The van der Waals surface area contributed by atoms with Gasteiger partial charge < -0.3 is 9.84 Å². The Morgan fingerprint density at radius 2 is 2.29 bits per heavy atom. The first-order valence-electron chi connectivity index (χ1n) is 5.86. The SMILES string of the molecule is c1nc(-c2noc(CNC3CCCC3)n2)cs1. The second kappa shape index (κ2) is 4.93. The number of nitrogens with zero attached hydrogens (tertiary/aromatic N) is 3. The van der Waals surface area contributed by atoms with Gasteiger partial charge in [0, 0.05) is 11.4 Å². The molecule has 0 radical (unpaired) electrons. The molecule has 2 aromatic heterocycles. The van der Waals surface area contributed by atoms with Crippen molar-refractivity contribution in [3.8, 4) is 11.5 Å². The van der Waals surface area contributed by atoms with Gasteiger partial charge in [-0.3, -0.25) is 0 Å². The average molecular weight is 250 g/mol. The first-order valence-corrected chi connectivity index (χ1v) is 6.80. The van der Waals surface area contributed by atoms with Crippen LogP contribution < -0.4 is 5.32 Å². The molecule has 0 aromatic carbocycles. The molecule has 17 heavy (non-hydrogen) atoms. The fourth-order valence-corrected chi connectivity index (χ4v) is 2.65. The molecule has 1 aliphatic carbocycles. The molecule has 3 rings (SSSR count). The van der Waals surface area contributed by atoms with Crippen molar-refractivity contribution in [2.24, 2.45) is 0 Å². The molecule has 2 aromatic rings. The number of aromatic nitrogens is 3. The molecule has 1 N–H and O–H groups in total. The first kappa shape index (κ1) is 10.9. The van der Waals surface area contributed by atoms with Crippen molar-refractivity contribution in [2.45, 2.75) is 38.3 Å². The topological polar surface area (TPSA) is 63.8 Å². The lowest BCUT2D eigenvalue weighted by Crippen LogP contribution is -2.25. The maximum absolute atomic E-state index is 5.19. The molecule has 0 aliphatic heterocycles. The summed E-state index contributed by atoms with van der Waals surface area (Å²) in [6.45, 7) is 0.655. The van der Waals surface area contributed by atoms with E-state index in [2.05, 4.69) is 20.4 Å². The molecule has 6 heteroatoms. The Kier molecular flexibility index (Phi) is 3.15. The number of hydrogen-bond donors (Lipinski definition) is 1. The van der Waals surface area contributed by atoms with Crippen LogP contribution in [-0.4, -0.2) is 21.2 Å². The van der Waals surface area contributed by atoms with Crippen LogP contribution in [0, 0.1) is 0 Å². The van der Waals surface area contributed by atoms with Gasteiger partial charge in [0.05, 0.1) is 12.1 Å². The van der Waals surface area contributed by atoms with E-state index >= 15 is 0 Å². The van der Waals surface area contributed by atoms with Gasteiger partial charge in [-0.2, -0.15) is 4.98 Å². The fourth-order valence-electron chi connectivity index (χ4n) is 2.12. The van der Waals surface area contributed by atoms with E-state index in [9.17, 15) is 0 Å². The van der Waals surface area contributed by atoms with Crippen LogP contribution in [0.1, 0.15) is 31.6 Å². The number of rotatable bonds is 4. The van der Waals surface area contributed by atoms with Crippen LogP contribution in [0.3, 0.4) is 0 Å². The summed E-state index contributed by atoms with van der Waals surface area (Å²) in [7, 11) is 0. The Morgan fingerprint density at radius 1 is 1.41 bits per heavy atom. The highest BCUT2D eigenvalue weighted by Gasteiger charge is 2.16. The van der Waals surface area contributed by atoms with Gasteiger partial charge in [-0.15, -0.1) is 11.3 Å². The van der Waals surface area contributed by atoms with E-state index in [4.69, 9.17) is 4.52 Å². The number of hydrogen-bond acceptors (Lipinski definition) is 6. The Bertz CT molecular complexity index is 462. The summed E-state index contributed by atoms with van der Waals surface area (Å²) in [5.74, 6) is 1.22. The second-order valence-corrected chi connectivity index (χ2v) is 4.97. The van der Waals surface area contributed by atoms with Crippen LogP contribution in [0.5, 0.6) is 0 Å². The van der Waals surface area contributed by atoms with Crippen LogP contribution in [-0.2, 0) is 6.54 Å². The summed E-state index contributed by atoms with van der Waals surface area (Å²) in [6.07, 6.45) is 5.16. The quantitative estimate of drug-likeness (QED) is 0.901. The van der Waals surface area contributed by atoms with Crippen molar-refractivity contribution in [3.05, 3.63) is 16.8 Å². The first-order chi connectivity index (χ1) is 8.42. The smallest absolute Gasteiger partial charge is 0.240 e. The largest absolute Gasteiger partial charge is 0.337 e. The molecule has 0 saturated heterocycles. The zero-order valence-corrected chi connectivity index (χ0v) is 10.2. The molecule has 5 nitrogen and oxygen atoms in total. The molecule has 1 aliphatic rings. The predicted octanol–water partition coefficient (Wildman–Crippen LogP) is 2.23. The van der Waals surface area contributed by atoms with Gasteiger partial charge in [-0.25, -0.2) is 4.98 Å². The lowest BCUT2D eigenvalue weighted by molar-refractivity contribution is 0.357. The van der Waals surface area contributed by atoms with E-state index in [0.717, 1.165) is 5.69 Å². The van der Waals surface area contributed by atoms with Crippen LogP contribution >= 0.6 is 11.3 Å². The molecular formula is C11H14N4OS. The van der Waals surface area contributed by atoms with E-state index in [1.165, 1.54) is 37.0 Å². The Hall–Kier alpha value is -1.27.